The molecule has 3 heterocycles. The molecule has 0 aliphatic carbocycles. The summed E-state index contributed by atoms with van der Waals surface area (Å²) in [7, 11) is -2.33. The van der Waals surface area contributed by atoms with Gasteiger partial charge in [-0.25, -0.2) is 17.9 Å². The number of benzene rings is 2. The van der Waals surface area contributed by atoms with Gasteiger partial charge in [-0.1, -0.05) is 11.6 Å². The van der Waals surface area contributed by atoms with E-state index in [1.54, 1.807) is 37.4 Å². The number of carbonyl (C=O) groups is 2. The van der Waals surface area contributed by atoms with E-state index in [0.717, 1.165) is 30.1 Å². The van der Waals surface area contributed by atoms with Crippen LogP contribution in [0.2, 0.25) is 4.34 Å². The number of nitrogens with one attached hydrogen (secondary N) is 4. The molecule has 2 aromatic carbocycles. The van der Waals surface area contributed by atoms with Gasteiger partial charge in [-0.3, -0.25) is 19.1 Å². The van der Waals surface area contributed by atoms with E-state index >= 15 is 0 Å². The van der Waals surface area contributed by atoms with Gasteiger partial charge in [0.1, 0.15) is 4.21 Å². The molecule has 4 N–H and O–H groups in total. The summed E-state index contributed by atoms with van der Waals surface area (Å²) in [5, 5.41) is 9.35. The second-order valence-electron chi connectivity index (χ2n) is 9.60. The van der Waals surface area contributed by atoms with Gasteiger partial charge in [0.2, 0.25) is 0 Å². The van der Waals surface area contributed by atoms with Crippen molar-refractivity contribution in [3.63, 3.8) is 0 Å². The third kappa shape index (κ3) is 7.17. The number of urea groups is 1. The normalized spacial score (nSPS) is 13.9. The zero-order valence-electron chi connectivity index (χ0n) is 23.1. The molecule has 0 saturated carbocycles. The van der Waals surface area contributed by atoms with Gasteiger partial charge in [-0.2, -0.15) is 0 Å². The number of carbonyl (C=O) groups excluding carboxylic acids is 2. The van der Waals surface area contributed by atoms with Gasteiger partial charge in [-0.15, -0.1) is 11.3 Å². The Balaban J connectivity index is 1.36. The largest absolute Gasteiger partial charge is 0.388 e. The van der Waals surface area contributed by atoms with Crippen LogP contribution < -0.4 is 26.2 Å². The van der Waals surface area contributed by atoms with Crippen molar-refractivity contribution in [2.45, 2.75) is 4.21 Å². The van der Waals surface area contributed by atoms with E-state index in [1.165, 1.54) is 35.0 Å². The van der Waals surface area contributed by atoms with Crippen molar-refractivity contribution in [2.75, 3.05) is 57.1 Å². The molecule has 1 fully saturated rings. The number of sulfonamides is 1. The SMILES string of the molecule is CNc1ccc2c(=O)n(-c3ccc(NC(=O)NS(=O)(=O)c4ccc(Cl)s4)cc3)cc(C(=O)NCCN3CCOCC3)c2c1. The highest BCUT2D eigenvalue weighted by Crippen LogP contribution is 2.26. The summed E-state index contributed by atoms with van der Waals surface area (Å²) in [5.74, 6) is -0.316. The van der Waals surface area contributed by atoms with Crippen molar-refractivity contribution < 1.29 is 22.7 Å². The molecule has 0 atom stereocenters. The van der Waals surface area contributed by atoms with Crippen LogP contribution in [-0.4, -0.2) is 76.3 Å². The van der Waals surface area contributed by atoms with Gasteiger partial charge >= 0.3 is 6.03 Å². The molecule has 3 amide bonds. The summed E-state index contributed by atoms with van der Waals surface area (Å²) in [6.45, 7) is 4.06. The Labute approximate surface area is 256 Å². The van der Waals surface area contributed by atoms with Crippen LogP contribution in [0, 0.1) is 0 Å². The van der Waals surface area contributed by atoms with Crippen LogP contribution in [0.1, 0.15) is 10.4 Å². The molecule has 15 heteroatoms. The molecular formula is C28H29ClN6O6S2. The van der Waals surface area contributed by atoms with Crippen LogP contribution in [0.5, 0.6) is 0 Å². The summed E-state index contributed by atoms with van der Waals surface area (Å²) in [4.78, 5) is 41.5. The predicted molar refractivity (Wildman–Crippen MR) is 167 cm³/mol. The van der Waals surface area contributed by atoms with E-state index in [4.69, 9.17) is 16.3 Å². The van der Waals surface area contributed by atoms with Crippen molar-refractivity contribution in [2.24, 2.45) is 0 Å². The number of hydrogen-bond donors (Lipinski definition) is 4. The Morgan fingerprint density at radius 1 is 1.00 bits per heavy atom. The summed E-state index contributed by atoms with van der Waals surface area (Å²) < 4.78 is 33.7. The van der Waals surface area contributed by atoms with E-state index < -0.39 is 16.1 Å². The second kappa shape index (κ2) is 13.1. The molecule has 226 valence electrons. The van der Waals surface area contributed by atoms with Crippen molar-refractivity contribution in [1.82, 2.24) is 19.5 Å². The van der Waals surface area contributed by atoms with Gasteiger partial charge < -0.3 is 20.7 Å². The maximum absolute atomic E-state index is 13.5. The lowest BCUT2D eigenvalue weighted by molar-refractivity contribution is 0.0383. The van der Waals surface area contributed by atoms with Crippen LogP contribution in [0.15, 0.2) is 69.8 Å². The number of amides is 3. The Bertz CT molecular complexity index is 1820. The minimum Gasteiger partial charge on any atom is -0.388 e. The third-order valence-corrected chi connectivity index (χ3v) is 9.87. The van der Waals surface area contributed by atoms with E-state index in [9.17, 15) is 22.8 Å². The van der Waals surface area contributed by atoms with Gasteiger partial charge in [0.05, 0.1) is 23.1 Å². The quantitative estimate of drug-likeness (QED) is 0.217. The Morgan fingerprint density at radius 2 is 1.72 bits per heavy atom. The van der Waals surface area contributed by atoms with Gasteiger partial charge in [0.15, 0.2) is 0 Å². The van der Waals surface area contributed by atoms with E-state index in [2.05, 4.69) is 20.9 Å². The second-order valence-corrected chi connectivity index (χ2v) is 13.2. The molecule has 12 nitrogen and oxygen atoms in total. The molecule has 0 bridgehead atoms. The molecule has 1 saturated heterocycles. The first-order valence-corrected chi connectivity index (χ1v) is 16.0. The van der Waals surface area contributed by atoms with Gasteiger partial charge in [0, 0.05) is 67.3 Å². The zero-order chi connectivity index (χ0) is 30.6. The Morgan fingerprint density at radius 3 is 2.40 bits per heavy atom. The van der Waals surface area contributed by atoms with Crippen molar-refractivity contribution in [3.8, 4) is 5.69 Å². The highest BCUT2D eigenvalue weighted by atomic mass is 35.5. The number of halogens is 1. The lowest BCUT2D eigenvalue weighted by atomic mass is 10.1. The fourth-order valence-electron chi connectivity index (χ4n) is 4.59. The van der Waals surface area contributed by atoms with Crippen molar-refractivity contribution in [3.05, 3.63) is 81.0 Å². The van der Waals surface area contributed by atoms with Crippen molar-refractivity contribution >= 4 is 67.0 Å². The smallest absolute Gasteiger partial charge is 0.333 e. The topological polar surface area (TPSA) is 151 Å². The molecular weight excluding hydrogens is 616 g/mol. The van der Waals surface area contributed by atoms with E-state index in [1.807, 2.05) is 4.72 Å². The summed E-state index contributed by atoms with van der Waals surface area (Å²) in [6.07, 6.45) is 1.50. The number of pyridine rings is 1. The van der Waals surface area contributed by atoms with Crippen LogP contribution in [0.25, 0.3) is 16.5 Å². The molecule has 0 unspecified atom stereocenters. The molecule has 43 heavy (non-hydrogen) atoms. The van der Waals surface area contributed by atoms with Gasteiger partial charge in [0.25, 0.3) is 21.5 Å². The highest BCUT2D eigenvalue weighted by molar-refractivity contribution is 7.92. The minimum atomic E-state index is -4.09. The van der Waals surface area contributed by atoms with Crippen LogP contribution in [0.3, 0.4) is 0 Å². The summed E-state index contributed by atoms with van der Waals surface area (Å²) >= 11 is 6.63. The Hall–Kier alpha value is -3.95. The summed E-state index contributed by atoms with van der Waals surface area (Å²) in [5.41, 5.74) is 1.48. The number of nitrogens with zero attached hydrogens (tertiary/aromatic N) is 2. The number of anilines is 2. The highest BCUT2D eigenvalue weighted by Gasteiger charge is 2.20. The average molecular weight is 645 g/mol. The first-order chi connectivity index (χ1) is 20.6. The molecule has 2 aromatic heterocycles. The minimum absolute atomic E-state index is 0.0959. The summed E-state index contributed by atoms with van der Waals surface area (Å²) in [6, 6.07) is 13.2. The maximum atomic E-state index is 13.5. The molecule has 4 aromatic rings. The first-order valence-electron chi connectivity index (χ1n) is 13.3. The lowest BCUT2D eigenvalue weighted by Crippen LogP contribution is -2.41. The van der Waals surface area contributed by atoms with Crippen LogP contribution in [0.4, 0.5) is 16.2 Å². The fourth-order valence-corrected chi connectivity index (χ4v) is 6.98. The van der Waals surface area contributed by atoms with Crippen LogP contribution >= 0.6 is 22.9 Å². The number of ether oxygens (including phenoxy) is 1. The zero-order valence-corrected chi connectivity index (χ0v) is 25.4. The monoisotopic (exact) mass is 644 g/mol. The number of rotatable bonds is 9. The Kier molecular flexibility index (Phi) is 9.32. The lowest BCUT2D eigenvalue weighted by Gasteiger charge is -2.26. The average Bonchev–Trinajstić information content (AvgIpc) is 3.45. The van der Waals surface area contributed by atoms with Crippen molar-refractivity contribution in [1.29, 1.82) is 0 Å². The van der Waals surface area contributed by atoms with E-state index in [0.29, 0.717) is 48.3 Å². The number of thiophene rings is 1. The number of morpholine rings is 1. The molecule has 0 spiro atoms. The maximum Gasteiger partial charge on any atom is 0.333 e. The molecule has 5 rings (SSSR count). The number of fused-ring (bicyclic) bond motifs is 1. The van der Waals surface area contributed by atoms with Gasteiger partial charge in [-0.05, 0) is 54.6 Å². The molecule has 1 aliphatic rings. The van der Waals surface area contributed by atoms with Crippen LogP contribution in [-0.2, 0) is 14.8 Å². The molecule has 1 aliphatic heterocycles. The first kappa shape index (κ1) is 30.5. The fraction of sp³-hybridized carbons (Fsp3) is 0.250. The third-order valence-electron chi connectivity index (χ3n) is 6.81. The molecule has 0 radical (unpaired) electrons. The van der Waals surface area contributed by atoms with E-state index in [-0.39, 0.29) is 25.7 Å². The number of aromatic nitrogens is 1. The predicted octanol–water partition coefficient (Wildman–Crippen LogP) is 3.32. The number of hydrogen-bond acceptors (Lipinski definition) is 9. The standard InChI is InChI=1S/C28H29ClN6O6S2/c1-30-19-4-7-21-22(16-19)23(26(36)31-10-11-34-12-14-41-15-13-34)17-35(27(21)37)20-5-2-18(3-6-20)32-28(38)33-43(39,40)25-9-8-24(29)42-25/h2-9,16-17,30H,10-15H2,1H3,(H,31,36)(H2,32,33,38).